The highest BCUT2D eigenvalue weighted by Gasteiger charge is 2.30. The van der Waals surface area contributed by atoms with E-state index in [9.17, 15) is 4.79 Å². The lowest BCUT2D eigenvalue weighted by molar-refractivity contribution is -0.128. The van der Waals surface area contributed by atoms with Crippen molar-refractivity contribution in [3.63, 3.8) is 0 Å². The molecule has 2 heterocycles. The summed E-state index contributed by atoms with van der Waals surface area (Å²) < 4.78 is 11.5. The molecular weight excluding hydrogens is 378 g/mol. The van der Waals surface area contributed by atoms with Gasteiger partial charge in [-0.15, -0.1) is 0 Å². The first-order chi connectivity index (χ1) is 13.4. The predicted octanol–water partition coefficient (Wildman–Crippen LogP) is 4.86. The quantitative estimate of drug-likeness (QED) is 0.642. The predicted molar refractivity (Wildman–Crippen MR) is 109 cm³/mol. The van der Waals surface area contributed by atoms with Gasteiger partial charge in [0.15, 0.2) is 5.60 Å². The van der Waals surface area contributed by atoms with Crippen LogP contribution in [0.4, 0.5) is 5.69 Å². The lowest BCUT2D eigenvalue weighted by atomic mass is 10.1. The number of carbonyl (C=O) groups excluding carboxylic acids is 1. The van der Waals surface area contributed by atoms with Gasteiger partial charge in [-0.3, -0.25) is 4.79 Å². The monoisotopic (exact) mass is 399 g/mol. The normalized spacial score (nSPS) is 17.0. The van der Waals surface area contributed by atoms with Crippen LogP contribution in [0.1, 0.15) is 38.6 Å². The zero-order chi connectivity index (χ0) is 19.7. The zero-order valence-corrected chi connectivity index (χ0v) is 16.5. The Bertz CT molecular complexity index is 992. The van der Waals surface area contributed by atoms with Crippen molar-refractivity contribution in [1.82, 2.24) is 9.97 Å². The van der Waals surface area contributed by atoms with Gasteiger partial charge in [0.2, 0.25) is 0 Å². The number of anilines is 1. The third-order valence-corrected chi connectivity index (χ3v) is 4.98. The van der Waals surface area contributed by atoms with Crippen LogP contribution in [-0.4, -0.2) is 28.1 Å². The smallest absolute Gasteiger partial charge is 0.267 e. The van der Waals surface area contributed by atoms with Crippen LogP contribution < -0.4 is 10.1 Å². The number of carbonyl (C=O) groups is 1. The number of hydrogen-bond acceptors (Lipinski definition) is 4. The van der Waals surface area contributed by atoms with Gasteiger partial charge >= 0.3 is 0 Å². The maximum atomic E-state index is 12.7. The Morgan fingerprint density at radius 1 is 1.29 bits per heavy atom. The van der Waals surface area contributed by atoms with Crippen molar-refractivity contribution in [2.75, 3.05) is 11.9 Å². The highest BCUT2D eigenvalue weighted by molar-refractivity contribution is 6.30. The molecule has 0 bridgehead atoms. The highest BCUT2D eigenvalue weighted by Crippen LogP contribution is 2.29. The van der Waals surface area contributed by atoms with Gasteiger partial charge in [-0.2, -0.15) is 0 Å². The van der Waals surface area contributed by atoms with Crippen LogP contribution in [-0.2, 0) is 9.53 Å². The summed E-state index contributed by atoms with van der Waals surface area (Å²) in [7, 11) is 0. The number of benzene rings is 2. The van der Waals surface area contributed by atoms with Gasteiger partial charge in [-0.25, -0.2) is 4.98 Å². The number of aromatic amines is 1. The first-order valence-corrected chi connectivity index (χ1v) is 9.66. The molecule has 1 amide bonds. The zero-order valence-electron chi connectivity index (χ0n) is 15.8. The van der Waals surface area contributed by atoms with E-state index in [4.69, 9.17) is 21.1 Å². The van der Waals surface area contributed by atoms with E-state index in [1.54, 1.807) is 38.1 Å². The number of ether oxygens (including phenoxy) is 2. The summed E-state index contributed by atoms with van der Waals surface area (Å²) >= 11 is 5.89. The Kier molecular flexibility index (Phi) is 5.00. The number of fused-ring (bicyclic) bond motifs is 1. The molecule has 1 aliphatic heterocycles. The molecular formula is C21H22ClN3O3. The van der Waals surface area contributed by atoms with Gasteiger partial charge < -0.3 is 19.8 Å². The van der Waals surface area contributed by atoms with E-state index in [1.165, 1.54) is 0 Å². The minimum atomic E-state index is -1.06. The molecule has 0 saturated carbocycles. The molecule has 4 rings (SSSR count). The van der Waals surface area contributed by atoms with Gasteiger partial charge in [0.1, 0.15) is 17.7 Å². The van der Waals surface area contributed by atoms with Crippen molar-refractivity contribution in [2.45, 2.75) is 38.4 Å². The number of imidazole rings is 1. The second kappa shape index (κ2) is 7.45. The number of H-pyrrole nitrogens is 1. The van der Waals surface area contributed by atoms with Crippen LogP contribution in [0, 0.1) is 0 Å². The number of halogens is 1. The second-order valence-corrected chi connectivity index (χ2v) is 7.81. The molecule has 1 atom stereocenters. The maximum absolute atomic E-state index is 12.7. The van der Waals surface area contributed by atoms with E-state index < -0.39 is 5.60 Å². The minimum Gasteiger partial charge on any atom is -0.478 e. The van der Waals surface area contributed by atoms with Gasteiger partial charge in [-0.1, -0.05) is 11.6 Å². The van der Waals surface area contributed by atoms with Gasteiger partial charge in [-0.05, 0) is 69.2 Å². The van der Waals surface area contributed by atoms with Crippen molar-refractivity contribution >= 4 is 34.2 Å². The molecule has 0 aliphatic carbocycles. The van der Waals surface area contributed by atoms with Crippen molar-refractivity contribution in [3.05, 3.63) is 53.3 Å². The molecule has 2 N–H and O–H groups in total. The van der Waals surface area contributed by atoms with E-state index in [1.807, 2.05) is 18.2 Å². The van der Waals surface area contributed by atoms with Crippen LogP contribution in [0.15, 0.2) is 42.5 Å². The molecule has 3 aromatic rings. The average Bonchev–Trinajstić information content (AvgIpc) is 3.32. The van der Waals surface area contributed by atoms with Crippen molar-refractivity contribution in [3.8, 4) is 5.75 Å². The summed E-state index contributed by atoms with van der Waals surface area (Å²) in [6, 6.07) is 12.5. The first-order valence-electron chi connectivity index (χ1n) is 9.28. The topological polar surface area (TPSA) is 76.2 Å². The molecule has 28 heavy (non-hydrogen) atoms. The Balaban J connectivity index is 1.48. The average molecular weight is 400 g/mol. The highest BCUT2D eigenvalue weighted by atomic mass is 35.5. The molecule has 0 spiro atoms. The standard InChI is InChI=1S/C21H22ClN3O3/c1-21(2,28-15-8-5-13(22)6-9-15)20(26)23-14-7-10-16-17(12-14)25-19(24-16)18-4-3-11-27-18/h5-10,12,18H,3-4,11H2,1-2H3,(H,23,26)(H,24,25). The molecule has 1 aromatic heterocycles. The van der Waals surface area contributed by atoms with Crippen molar-refractivity contribution < 1.29 is 14.3 Å². The van der Waals surface area contributed by atoms with E-state index in [-0.39, 0.29) is 12.0 Å². The van der Waals surface area contributed by atoms with E-state index >= 15 is 0 Å². The minimum absolute atomic E-state index is 0.0251. The Hall–Kier alpha value is -2.57. The SMILES string of the molecule is CC(C)(Oc1ccc(Cl)cc1)C(=O)Nc1ccc2nc(C3CCCO3)[nH]c2c1. The Morgan fingerprint density at radius 2 is 2.07 bits per heavy atom. The van der Waals surface area contributed by atoms with Crippen LogP contribution in [0.2, 0.25) is 5.02 Å². The molecule has 1 aliphatic rings. The molecule has 146 valence electrons. The van der Waals surface area contributed by atoms with E-state index in [0.717, 1.165) is 36.3 Å². The second-order valence-electron chi connectivity index (χ2n) is 7.38. The van der Waals surface area contributed by atoms with Crippen molar-refractivity contribution in [2.24, 2.45) is 0 Å². The lowest BCUT2D eigenvalue weighted by Gasteiger charge is -2.25. The van der Waals surface area contributed by atoms with Gasteiger partial charge in [0.25, 0.3) is 5.91 Å². The van der Waals surface area contributed by atoms with Gasteiger partial charge in [0, 0.05) is 17.3 Å². The summed E-state index contributed by atoms with van der Waals surface area (Å²) in [5.74, 6) is 1.16. The number of amides is 1. The van der Waals surface area contributed by atoms with Gasteiger partial charge in [0.05, 0.1) is 11.0 Å². The summed E-state index contributed by atoms with van der Waals surface area (Å²) in [6.07, 6.45) is 2.04. The summed E-state index contributed by atoms with van der Waals surface area (Å²) in [5, 5.41) is 3.53. The van der Waals surface area contributed by atoms with E-state index in [2.05, 4.69) is 15.3 Å². The first kappa shape index (κ1) is 18.8. The molecule has 6 nitrogen and oxygen atoms in total. The van der Waals surface area contributed by atoms with Crippen molar-refractivity contribution in [1.29, 1.82) is 0 Å². The van der Waals surface area contributed by atoms with E-state index in [0.29, 0.717) is 16.5 Å². The van der Waals surface area contributed by atoms with Crippen LogP contribution in [0.3, 0.4) is 0 Å². The van der Waals surface area contributed by atoms with Crippen LogP contribution >= 0.6 is 11.6 Å². The third-order valence-electron chi connectivity index (χ3n) is 4.73. The Morgan fingerprint density at radius 3 is 2.79 bits per heavy atom. The largest absolute Gasteiger partial charge is 0.478 e. The van der Waals surface area contributed by atoms with Crippen LogP contribution in [0.25, 0.3) is 11.0 Å². The molecule has 0 radical (unpaired) electrons. The number of hydrogen-bond donors (Lipinski definition) is 2. The molecule has 2 aromatic carbocycles. The molecule has 1 unspecified atom stereocenters. The maximum Gasteiger partial charge on any atom is 0.267 e. The lowest BCUT2D eigenvalue weighted by Crippen LogP contribution is -2.42. The number of aromatic nitrogens is 2. The van der Waals surface area contributed by atoms with Crippen LogP contribution in [0.5, 0.6) is 5.75 Å². The number of nitrogens with one attached hydrogen (secondary N) is 2. The number of rotatable bonds is 5. The summed E-state index contributed by atoms with van der Waals surface area (Å²) in [5.41, 5.74) is 1.33. The molecule has 7 heteroatoms. The fraction of sp³-hybridized carbons (Fsp3) is 0.333. The molecule has 1 saturated heterocycles. The molecule has 1 fully saturated rings. The number of nitrogens with zero attached hydrogens (tertiary/aromatic N) is 1. The summed E-state index contributed by atoms with van der Waals surface area (Å²) in [6.45, 7) is 4.22. The Labute approximate surface area is 168 Å². The fourth-order valence-corrected chi connectivity index (χ4v) is 3.30. The third kappa shape index (κ3) is 3.98. The summed E-state index contributed by atoms with van der Waals surface area (Å²) in [4.78, 5) is 20.6. The fourth-order valence-electron chi connectivity index (χ4n) is 3.18.